The number of nitrogens with zero attached hydrogens (tertiary/aromatic N) is 1. The van der Waals surface area contributed by atoms with Crippen LogP contribution in [0.5, 0.6) is 0 Å². The quantitative estimate of drug-likeness (QED) is 0.235. The van der Waals surface area contributed by atoms with Gasteiger partial charge in [0.1, 0.15) is 11.5 Å². The molecule has 0 spiro atoms. The minimum atomic E-state index is -0.853. The minimum absolute atomic E-state index is 0.0382. The monoisotopic (exact) mass is 571 g/mol. The van der Waals surface area contributed by atoms with Crippen LogP contribution in [0.1, 0.15) is 41.3 Å². The van der Waals surface area contributed by atoms with Gasteiger partial charge in [0.15, 0.2) is 0 Å². The number of carbonyl (C=O) groups is 5. The van der Waals surface area contributed by atoms with E-state index < -0.39 is 29.7 Å². The molecule has 4 rings (SSSR count). The van der Waals surface area contributed by atoms with E-state index in [1.165, 1.54) is 30.2 Å². The summed E-state index contributed by atoms with van der Waals surface area (Å²) >= 11 is 0. The lowest BCUT2D eigenvalue weighted by atomic mass is 10.1. The molecular formula is C31H29N3O8. The number of allylic oxidation sites excluding steroid dienone is 1. The molecule has 3 amide bonds. The highest BCUT2D eigenvalue weighted by Crippen LogP contribution is 2.35. The smallest absolute Gasteiger partial charge is 0.340 e. The number of rotatable bonds is 8. The molecule has 0 bridgehead atoms. The molecule has 2 heterocycles. The molecule has 11 nitrogen and oxygen atoms in total. The van der Waals surface area contributed by atoms with Crippen LogP contribution < -0.4 is 15.5 Å². The highest BCUT2D eigenvalue weighted by atomic mass is 16.5. The molecule has 1 aliphatic heterocycles. The fourth-order valence-electron chi connectivity index (χ4n) is 4.23. The lowest BCUT2D eigenvalue weighted by molar-refractivity contribution is -0.136. The Morgan fingerprint density at radius 1 is 0.905 bits per heavy atom. The van der Waals surface area contributed by atoms with Crippen LogP contribution in [0.2, 0.25) is 0 Å². The van der Waals surface area contributed by atoms with Crippen molar-refractivity contribution in [2.45, 2.75) is 27.3 Å². The van der Waals surface area contributed by atoms with Crippen molar-refractivity contribution in [3.05, 3.63) is 100 Å². The van der Waals surface area contributed by atoms with Crippen molar-refractivity contribution in [1.82, 2.24) is 5.32 Å². The fourth-order valence-corrected chi connectivity index (χ4v) is 4.23. The molecule has 11 heteroatoms. The van der Waals surface area contributed by atoms with Crippen LogP contribution in [0.15, 0.2) is 81.9 Å². The molecular weight excluding hydrogens is 542 g/mol. The van der Waals surface area contributed by atoms with Crippen LogP contribution in [0.4, 0.5) is 11.4 Å². The van der Waals surface area contributed by atoms with Crippen LogP contribution >= 0.6 is 0 Å². The third kappa shape index (κ3) is 6.47. The first-order chi connectivity index (χ1) is 20.1. The molecule has 3 aromatic rings. The molecule has 216 valence electrons. The fraction of sp³-hybridized carbons (Fsp3) is 0.194. The summed E-state index contributed by atoms with van der Waals surface area (Å²) in [5, 5.41) is 5.00. The molecule has 0 fully saturated rings. The lowest BCUT2D eigenvalue weighted by Gasteiger charge is -2.18. The van der Waals surface area contributed by atoms with Gasteiger partial charge in [0, 0.05) is 17.1 Å². The largest absolute Gasteiger partial charge is 0.465 e. The molecule has 0 unspecified atom stereocenters. The zero-order valence-corrected chi connectivity index (χ0v) is 23.5. The summed E-state index contributed by atoms with van der Waals surface area (Å²) in [5.41, 5.74) is 2.68. The van der Waals surface area contributed by atoms with Crippen molar-refractivity contribution in [3.63, 3.8) is 0 Å². The maximum Gasteiger partial charge on any atom is 0.340 e. The van der Waals surface area contributed by atoms with E-state index in [9.17, 15) is 24.0 Å². The number of carbonyl (C=O) groups excluding carboxylic acids is 5. The van der Waals surface area contributed by atoms with Crippen LogP contribution in [-0.4, -0.2) is 43.4 Å². The molecule has 0 saturated heterocycles. The number of methoxy groups -OCH3 is 1. The van der Waals surface area contributed by atoms with Gasteiger partial charge in [-0.25, -0.2) is 9.59 Å². The molecule has 1 aromatic heterocycles. The average Bonchev–Trinajstić information content (AvgIpc) is 3.53. The first-order valence-electron chi connectivity index (χ1n) is 13.0. The molecule has 0 aliphatic carbocycles. The SMILES string of the molecule is CCOC(=O)c1ccc(N2C(=O)/C(=C/c3ccc(CNC(=O)C(=O)Nc4ccc(C)cc4)o3)C(C(=O)OC)=C2C)cc1. The van der Waals surface area contributed by atoms with Crippen LogP contribution in [0.3, 0.4) is 0 Å². The van der Waals surface area contributed by atoms with Crippen molar-refractivity contribution >= 4 is 47.1 Å². The van der Waals surface area contributed by atoms with Gasteiger partial charge in [-0.2, -0.15) is 0 Å². The lowest BCUT2D eigenvalue weighted by Crippen LogP contribution is -2.34. The van der Waals surface area contributed by atoms with Gasteiger partial charge in [-0.05, 0) is 75.4 Å². The predicted molar refractivity (Wildman–Crippen MR) is 153 cm³/mol. The number of nitrogens with one attached hydrogen (secondary N) is 2. The van der Waals surface area contributed by atoms with E-state index in [0.717, 1.165) is 5.56 Å². The zero-order valence-electron chi connectivity index (χ0n) is 23.5. The van der Waals surface area contributed by atoms with Crippen molar-refractivity contribution in [3.8, 4) is 0 Å². The van der Waals surface area contributed by atoms with Gasteiger partial charge in [-0.1, -0.05) is 17.7 Å². The number of hydrogen-bond donors (Lipinski definition) is 2. The molecule has 42 heavy (non-hydrogen) atoms. The van der Waals surface area contributed by atoms with Gasteiger partial charge >= 0.3 is 23.8 Å². The molecule has 1 aliphatic rings. The first kappa shape index (κ1) is 29.5. The van der Waals surface area contributed by atoms with Gasteiger partial charge in [0.05, 0.1) is 37.0 Å². The van der Waals surface area contributed by atoms with E-state index in [-0.39, 0.29) is 30.1 Å². The van der Waals surface area contributed by atoms with E-state index in [0.29, 0.717) is 28.4 Å². The summed E-state index contributed by atoms with van der Waals surface area (Å²) in [4.78, 5) is 64.0. The number of benzene rings is 2. The van der Waals surface area contributed by atoms with E-state index in [2.05, 4.69) is 10.6 Å². The third-order valence-corrected chi connectivity index (χ3v) is 6.33. The van der Waals surface area contributed by atoms with Gasteiger partial charge in [0.2, 0.25) is 0 Å². The summed E-state index contributed by atoms with van der Waals surface area (Å²) in [5.74, 6) is -2.84. The van der Waals surface area contributed by atoms with E-state index >= 15 is 0 Å². The Kier molecular flexibility index (Phi) is 9.01. The summed E-state index contributed by atoms with van der Waals surface area (Å²) in [6.45, 7) is 5.36. The highest BCUT2D eigenvalue weighted by Gasteiger charge is 2.38. The Hall–Kier alpha value is -5.45. The average molecular weight is 572 g/mol. The number of esters is 2. The number of ether oxygens (including phenoxy) is 2. The minimum Gasteiger partial charge on any atom is -0.465 e. The summed E-state index contributed by atoms with van der Waals surface area (Å²) < 4.78 is 15.7. The van der Waals surface area contributed by atoms with Crippen LogP contribution in [0, 0.1) is 6.92 Å². The normalized spacial score (nSPS) is 13.8. The molecule has 2 aromatic carbocycles. The van der Waals surface area contributed by atoms with Gasteiger partial charge in [-0.3, -0.25) is 19.3 Å². The summed E-state index contributed by atoms with van der Waals surface area (Å²) in [6.07, 6.45) is 1.40. The summed E-state index contributed by atoms with van der Waals surface area (Å²) in [6, 6.07) is 16.4. The maximum atomic E-state index is 13.5. The van der Waals surface area contributed by atoms with E-state index in [1.807, 2.05) is 19.1 Å². The second kappa shape index (κ2) is 12.8. The number of hydrogen-bond acceptors (Lipinski definition) is 8. The third-order valence-electron chi connectivity index (χ3n) is 6.33. The number of amides is 3. The van der Waals surface area contributed by atoms with Gasteiger partial charge < -0.3 is 24.5 Å². The van der Waals surface area contributed by atoms with E-state index in [1.54, 1.807) is 50.2 Å². The maximum absolute atomic E-state index is 13.5. The number of aryl methyl sites for hydroxylation is 1. The predicted octanol–water partition coefficient (Wildman–Crippen LogP) is 3.90. The van der Waals surface area contributed by atoms with Crippen molar-refractivity contribution in [1.29, 1.82) is 0 Å². The topological polar surface area (TPSA) is 144 Å². The standard InChI is InChI=1S/C31H29N3O8/c1-5-41-30(38)20-8-12-22(13-9-20)34-19(3)26(31(39)40-4)25(29(34)37)16-23-14-15-24(42-23)17-32-27(35)28(36)33-21-10-6-18(2)7-11-21/h6-16H,5,17H2,1-4H3,(H,32,35)(H,33,36)/b25-16+. The number of anilines is 2. The Balaban J connectivity index is 1.49. The second-order valence-corrected chi connectivity index (χ2v) is 9.22. The molecule has 0 atom stereocenters. The Morgan fingerprint density at radius 3 is 2.24 bits per heavy atom. The molecule has 2 N–H and O–H groups in total. The second-order valence-electron chi connectivity index (χ2n) is 9.22. The Bertz CT molecular complexity index is 1600. The van der Waals surface area contributed by atoms with Crippen LogP contribution in [0.25, 0.3) is 6.08 Å². The molecule has 0 radical (unpaired) electrons. The highest BCUT2D eigenvalue weighted by molar-refractivity contribution is 6.39. The zero-order chi connectivity index (χ0) is 30.4. The van der Waals surface area contributed by atoms with Crippen molar-refractivity contribution in [2.24, 2.45) is 0 Å². The van der Waals surface area contributed by atoms with Crippen molar-refractivity contribution in [2.75, 3.05) is 23.9 Å². The summed E-state index contributed by atoms with van der Waals surface area (Å²) in [7, 11) is 1.21. The number of furan rings is 1. The van der Waals surface area contributed by atoms with E-state index in [4.69, 9.17) is 13.9 Å². The van der Waals surface area contributed by atoms with Crippen LogP contribution in [-0.2, 0) is 35.2 Å². The Morgan fingerprint density at radius 2 is 1.60 bits per heavy atom. The Labute approximate surface area is 241 Å². The molecule has 0 saturated carbocycles. The first-order valence-corrected chi connectivity index (χ1v) is 13.0. The van der Waals surface area contributed by atoms with Gasteiger partial charge in [0.25, 0.3) is 5.91 Å². The van der Waals surface area contributed by atoms with Gasteiger partial charge in [-0.15, -0.1) is 0 Å². The van der Waals surface area contributed by atoms with Crippen molar-refractivity contribution < 1.29 is 37.9 Å².